The van der Waals surface area contributed by atoms with Gasteiger partial charge in [-0.2, -0.15) is 0 Å². The first-order chi connectivity index (χ1) is 6.77. The van der Waals surface area contributed by atoms with Crippen LogP contribution in [0, 0.1) is 0 Å². The zero-order valence-corrected chi connectivity index (χ0v) is 11.6. The zero-order chi connectivity index (χ0) is 10.4. The number of pyridine rings is 1. The largest absolute Gasteiger partial charge is 1.00 e. The molecular formula is C11H18INO2. The second-order valence-corrected chi connectivity index (χ2v) is 3.04. The van der Waals surface area contributed by atoms with Crippen LogP contribution in [0.15, 0.2) is 24.5 Å². The van der Waals surface area contributed by atoms with Crippen LogP contribution in [0.2, 0.25) is 0 Å². The molecular weight excluding hydrogens is 305 g/mol. The number of halogens is 1. The molecule has 0 saturated heterocycles. The molecule has 0 aliphatic heterocycles. The van der Waals surface area contributed by atoms with Crippen LogP contribution in [-0.4, -0.2) is 13.2 Å². The van der Waals surface area contributed by atoms with Gasteiger partial charge in [-0.1, -0.05) is 0 Å². The number of nitrogens with zero attached hydrogens (tertiary/aromatic N) is 1. The van der Waals surface area contributed by atoms with Crippen molar-refractivity contribution in [2.45, 2.75) is 20.1 Å². The highest BCUT2D eigenvalue weighted by molar-refractivity contribution is 5.08. The molecule has 3 nitrogen and oxygen atoms in total. The predicted octanol–water partition coefficient (Wildman–Crippen LogP) is -1.41. The summed E-state index contributed by atoms with van der Waals surface area (Å²) in [6.07, 6.45) is 3.74. The van der Waals surface area contributed by atoms with Crippen molar-refractivity contribution in [3.05, 3.63) is 30.1 Å². The smallest absolute Gasteiger partial charge is 0.184 e. The monoisotopic (exact) mass is 323 g/mol. The number of aryl methyl sites for hydroxylation is 1. The fraction of sp³-hybridized carbons (Fsp3) is 0.545. The van der Waals surface area contributed by atoms with Crippen LogP contribution < -0.4 is 28.5 Å². The van der Waals surface area contributed by atoms with Gasteiger partial charge in [-0.15, -0.1) is 0 Å². The number of hydrogen-bond donors (Lipinski definition) is 0. The molecule has 0 aliphatic carbocycles. The van der Waals surface area contributed by atoms with Gasteiger partial charge in [0.25, 0.3) is 0 Å². The van der Waals surface area contributed by atoms with E-state index in [-0.39, 0.29) is 30.3 Å². The molecule has 0 spiro atoms. The van der Waals surface area contributed by atoms with Crippen LogP contribution in [-0.2, 0) is 16.5 Å². The van der Waals surface area contributed by atoms with Gasteiger partial charge in [-0.25, -0.2) is 4.57 Å². The molecule has 0 radical (unpaired) electrons. The van der Waals surface area contributed by atoms with Gasteiger partial charge in [-0.3, -0.25) is 0 Å². The van der Waals surface area contributed by atoms with Crippen molar-refractivity contribution < 1.29 is 38.0 Å². The fourth-order valence-electron chi connectivity index (χ4n) is 1.21. The van der Waals surface area contributed by atoms with E-state index in [0.29, 0.717) is 13.2 Å². The summed E-state index contributed by atoms with van der Waals surface area (Å²) in [5.41, 5.74) is 1.06. The molecule has 86 valence electrons. The molecule has 0 bridgehead atoms. The molecule has 0 amide bonds. The molecule has 1 aromatic heterocycles. The minimum Gasteiger partial charge on any atom is -1.00 e. The van der Waals surface area contributed by atoms with Gasteiger partial charge in [-0.05, 0) is 13.8 Å². The Hall–Kier alpha value is -0.200. The first-order valence-corrected chi connectivity index (χ1v) is 4.96. The Labute approximate surface area is 108 Å². The van der Waals surface area contributed by atoms with E-state index in [1.54, 1.807) is 0 Å². The lowest BCUT2D eigenvalue weighted by atomic mass is 10.2. The normalized spacial score (nSPS) is 10.1. The first-order valence-electron chi connectivity index (χ1n) is 4.96. The van der Waals surface area contributed by atoms with Gasteiger partial charge in [0.2, 0.25) is 0 Å². The Morgan fingerprint density at radius 3 is 2.00 bits per heavy atom. The molecule has 1 rings (SSSR count). The summed E-state index contributed by atoms with van der Waals surface area (Å²) in [6, 6.07) is 4.02. The van der Waals surface area contributed by atoms with Crippen molar-refractivity contribution in [1.29, 1.82) is 0 Å². The lowest BCUT2D eigenvalue weighted by molar-refractivity contribution is -0.671. The van der Waals surface area contributed by atoms with E-state index in [9.17, 15) is 0 Å². The molecule has 15 heavy (non-hydrogen) atoms. The highest BCUT2D eigenvalue weighted by Gasteiger charge is 2.11. The lowest BCUT2D eigenvalue weighted by Crippen LogP contribution is -3.00. The van der Waals surface area contributed by atoms with Crippen LogP contribution in [0.1, 0.15) is 25.7 Å². The molecule has 0 aromatic carbocycles. The molecule has 4 heteroatoms. The van der Waals surface area contributed by atoms with Gasteiger partial charge in [0.05, 0.1) is 0 Å². The van der Waals surface area contributed by atoms with Crippen molar-refractivity contribution in [2.24, 2.45) is 7.05 Å². The third kappa shape index (κ3) is 4.90. The number of rotatable bonds is 5. The summed E-state index contributed by atoms with van der Waals surface area (Å²) in [7, 11) is 1.99. The standard InChI is InChI=1S/C11H18NO2.HI/c1-4-13-11(14-5-2)10-6-8-12(3)9-7-10;/h6-9,11H,4-5H2,1-3H3;1H/q+1;/p-1. The average molecular weight is 323 g/mol. The number of hydrogen-bond acceptors (Lipinski definition) is 2. The topological polar surface area (TPSA) is 22.3 Å². The van der Waals surface area contributed by atoms with E-state index in [0.717, 1.165) is 5.56 Å². The second-order valence-electron chi connectivity index (χ2n) is 3.04. The van der Waals surface area contributed by atoms with E-state index < -0.39 is 0 Å². The van der Waals surface area contributed by atoms with E-state index >= 15 is 0 Å². The summed E-state index contributed by atoms with van der Waals surface area (Å²) < 4.78 is 12.9. The summed E-state index contributed by atoms with van der Waals surface area (Å²) in [5.74, 6) is 0. The average Bonchev–Trinajstić information content (AvgIpc) is 2.19. The minimum absolute atomic E-state index is 0. The quantitative estimate of drug-likeness (QED) is 0.377. The Morgan fingerprint density at radius 1 is 1.13 bits per heavy atom. The third-order valence-electron chi connectivity index (χ3n) is 1.91. The molecule has 0 fully saturated rings. The lowest BCUT2D eigenvalue weighted by Gasteiger charge is -2.16. The summed E-state index contributed by atoms with van der Waals surface area (Å²) in [6.45, 7) is 5.25. The molecule has 1 aromatic rings. The molecule has 0 N–H and O–H groups in total. The second kappa shape index (κ2) is 8.01. The molecule has 0 saturated carbocycles. The Kier molecular flexibility index (Phi) is 7.90. The van der Waals surface area contributed by atoms with Crippen molar-refractivity contribution in [3.63, 3.8) is 0 Å². The van der Waals surface area contributed by atoms with Crippen LogP contribution in [0.4, 0.5) is 0 Å². The van der Waals surface area contributed by atoms with Gasteiger partial charge < -0.3 is 33.5 Å². The minimum atomic E-state index is -0.230. The molecule has 0 aliphatic rings. The maximum Gasteiger partial charge on any atom is 0.184 e. The molecule has 1 heterocycles. The number of aromatic nitrogens is 1. The van der Waals surface area contributed by atoms with Crippen LogP contribution in [0.25, 0.3) is 0 Å². The van der Waals surface area contributed by atoms with Gasteiger partial charge in [0, 0.05) is 30.9 Å². The number of ether oxygens (including phenoxy) is 2. The SMILES string of the molecule is CCOC(OCC)c1cc[n+](C)cc1.[I-]. The summed E-state index contributed by atoms with van der Waals surface area (Å²) in [5, 5.41) is 0. The van der Waals surface area contributed by atoms with Crippen molar-refractivity contribution >= 4 is 0 Å². The van der Waals surface area contributed by atoms with Crippen molar-refractivity contribution in [1.82, 2.24) is 0 Å². The van der Waals surface area contributed by atoms with Gasteiger partial charge in [0.1, 0.15) is 7.05 Å². The maximum absolute atomic E-state index is 5.48. The van der Waals surface area contributed by atoms with Gasteiger partial charge >= 0.3 is 0 Å². The predicted molar refractivity (Wildman–Crippen MR) is 53.6 cm³/mol. The van der Waals surface area contributed by atoms with Crippen LogP contribution >= 0.6 is 0 Å². The van der Waals surface area contributed by atoms with Crippen molar-refractivity contribution in [3.8, 4) is 0 Å². The van der Waals surface area contributed by atoms with E-state index in [1.807, 2.05) is 50.0 Å². The Balaban J connectivity index is 0.00000196. The van der Waals surface area contributed by atoms with E-state index in [1.165, 1.54) is 0 Å². The Morgan fingerprint density at radius 2 is 1.60 bits per heavy atom. The molecule has 0 unspecified atom stereocenters. The fourth-order valence-corrected chi connectivity index (χ4v) is 1.21. The highest BCUT2D eigenvalue weighted by Crippen LogP contribution is 2.16. The molecule has 0 atom stereocenters. The highest BCUT2D eigenvalue weighted by atomic mass is 127. The Bertz CT molecular complexity index is 258. The summed E-state index contributed by atoms with van der Waals surface area (Å²) in [4.78, 5) is 0. The first kappa shape index (κ1) is 14.8. The van der Waals surface area contributed by atoms with E-state index in [2.05, 4.69) is 0 Å². The third-order valence-corrected chi connectivity index (χ3v) is 1.91. The van der Waals surface area contributed by atoms with Crippen LogP contribution in [0.5, 0.6) is 0 Å². The summed E-state index contributed by atoms with van der Waals surface area (Å²) >= 11 is 0. The zero-order valence-electron chi connectivity index (χ0n) is 9.44. The van der Waals surface area contributed by atoms with Gasteiger partial charge in [0.15, 0.2) is 18.7 Å². The van der Waals surface area contributed by atoms with E-state index in [4.69, 9.17) is 9.47 Å². The maximum atomic E-state index is 5.48. The van der Waals surface area contributed by atoms with Crippen molar-refractivity contribution in [2.75, 3.05) is 13.2 Å². The van der Waals surface area contributed by atoms with Crippen LogP contribution in [0.3, 0.4) is 0 Å².